The van der Waals surface area contributed by atoms with Gasteiger partial charge in [-0.2, -0.15) is 0 Å². The molecule has 132 valence electrons. The molecule has 3 aromatic carbocycles. The van der Waals surface area contributed by atoms with E-state index in [2.05, 4.69) is 10.3 Å². The average molecular weight is 375 g/mol. The molecule has 4 rings (SSSR count). The summed E-state index contributed by atoms with van der Waals surface area (Å²) in [4.78, 5) is 16.9. The molecule has 1 heterocycles. The van der Waals surface area contributed by atoms with Gasteiger partial charge in [-0.05, 0) is 36.4 Å². The Bertz CT molecular complexity index is 1070. The highest BCUT2D eigenvalue weighted by Gasteiger charge is 2.11. The number of benzene rings is 3. The molecule has 0 radical (unpaired) electrons. The van der Waals surface area contributed by atoms with Crippen LogP contribution in [0, 0.1) is 0 Å². The molecule has 1 N–H and O–H groups in total. The van der Waals surface area contributed by atoms with Gasteiger partial charge in [0.1, 0.15) is 12.0 Å². The molecule has 4 aromatic rings. The van der Waals surface area contributed by atoms with E-state index in [1.807, 2.05) is 54.6 Å². The Morgan fingerprint density at radius 1 is 0.852 bits per heavy atom. The maximum absolute atomic E-state index is 12.3. The highest BCUT2D eigenvalue weighted by Crippen LogP contribution is 2.26. The van der Waals surface area contributed by atoms with Gasteiger partial charge in [0.15, 0.2) is 0 Å². The zero-order chi connectivity index (χ0) is 18.6. The molecular formula is C22H15ClN2O2. The van der Waals surface area contributed by atoms with Crippen molar-refractivity contribution in [3.8, 4) is 22.7 Å². The molecule has 0 aliphatic carbocycles. The van der Waals surface area contributed by atoms with Gasteiger partial charge < -0.3 is 9.73 Å². The van der Waals surface area contributed by atoms with Crippen LogP contribution in [-0.2, 0) is 0 Å². The third-order valence-electron chi connectivity index (χ3n) is 4.08. The lowest BCUT2D eigenvalue weighted by molar-refractivity contribution is 0.102. The van der Waals surface area contributed by atoms with Crippen LogP contribution in [0.5, 0.6) is 0 Å². The van der Waals surface area contributed by atoms with E-state index in [9.17, 15) is 4.79 Å². The Kier molecular flexibility index (Phi) is 4.73. The van der Waals surface area contributed by atoms with Crippen LogP contribution >= 0.6 is 11.6 Å². The third-order valence-corrected chi connectivity index (χ3v) is 4.41. The van der Waals surface area contributed by atoms with Gasteiger partial charge in [0, 0.05) is 16.8 Å². The minimum Gasteiger partial charge on any atom is -0.444 e. The fourth-order valence-corrected chi connectivity index (χ4v) is 2.91. The molecule has 0 bridgehead atoms. The van der Waals surface area contributed by atoms with E-state index in [4.69, 9.17) is 16.0 Å². The van der Waals surface area contributed by atoms with E-state index in [1.165, 1.54) is 0 Å². The van der Waals surface area contributed by atoms with Gasteiger partial charge in [-0.3, -0.25) is 4.79 Å². The standard InChI is InChI=1S/C22H15ClN2O2/c23-19-9-5-4-8-18(19)21(26)24-17-12-10-15(11-13-17)20-14-27-22(25-20)16-6-2-1-3-7-16/h1-14H,(H,24,26). The fourth-order valence-electron chi connectivity index (χ4n) is 2.69. The predicted molar refractivity (Wildman–Crippen MR) is 107 cm³/mol. The van der Waals surface area contributed by atoms with Crippen molar-refractivity contribution >= 4 is 23.2 Å². The minimum absolute atomic E-state index is 0.249. The molecular weight excluding hydrogens is 360 g/mol. The molecule has 0 atom stereocenters. The number of nitrogens with one attached hydrogen (secondary N) is 1. The average Bonchev–Trinajstić information content (AvgIpc) is 3.20. The van der Waals surface area contributed by atoms with Crippen LogP contribution in [0.2, 0.25) is 5.02 Å². The summed E-state index contributed by atoms with van der Waals surface area (Å²) in [7, 11) is 0. The van der Waals surface area contributed by atoms with E-state index in [-0.39, 0.29) is 5.91 Å². The summed E-state index contributed by atoms with van der Waals surface area (Å²) in [5.41, 5.74) is 3.67. The Balaban J connectivity index is 1.50. The number of anilines is 1. The van der Waals surface area contributed by atoms with Crippen molar-refractivity contribution < 1.29 is 9.21 Å². The van der Waals surface area contributed by atoms with Crippen molar-refractivity contribution in [2.75, 3.05) is 5.32 Å². The first-order valence-corrected chi connectivity index (χ1v) is 8.76. The van der Waals surface area contributed by atoms with Gasteiger partial charge in [-0.1, -0.05) is 54.1 Å². The Labute approximate surface area is 161 Å². The van der Waals surface area contributed by atoms with Crippen LogP contribution in [0.1, 0.15) is 10.4 Å². The van der Waals surface area contributed by atoms with Crippen LogP contribution < -0.4 is 5.32 Å². The molecule has 1 amide bonds. The number of carbonyl (C=O) groups is 1. The Morgan fingerprint density at radius 3 is 2.30 bits per heavy atom. The number of hydrogen-bond acceptors (Lipinski definition) is 3. The maximum atomic E-state index is 12.3. The van der Waals surface area contributed by atoms with E-state index < -0.39 is 0 Å². The molecule has 0 aliphatic heterocycles. The molecule has 0 saturated carbocycles. The van der Waals surface area contributed by atoms with Crippen molar-refractivity contribution in [2.24, 2.45) is 0 Å². The lowest BCUT2D eigenvalue weighted by atomic mass is 10.1. The molecule has 5 heteroatoms. The summed E-state index contributed by atoms with van der Waals surface area (Å²) in [6.45, 7) is 0. The third kappa shape index (κ3) is 3.76. The molecule has 0 aliphatic rings. The van der Waals surface area contributed by atoms with Gasteiger partial charge in [0.25, 0.3) is 5.91 Å². The van der Waals surface area contributed by atoms with Crippen LogP contribution in [0.25, 0.3) is 22.7 Å². The monoisotopic (exact) mass is 374 g/mol. The summed E-state index contributed by atoms with van der Waals surface area (Å²) in [6.07, 6.45) is 1.62. The van der Waals surface area contributed by atoms with Gasteiger partial charge in [-0.15, -0.1) is 0 Å². The number of halogens is 1. The Morgan fingerprint density at radius 2 is 1.56 bits per heavy atom. The van der Waals surface area contributed by atoms with Gasteiger partial charge in [0.05, 0.1) is 10.6 Å². The van der Waals surface area contributed by atoms with Crippen molar-refractivity contribution in [3.63, 3.8) is 0 Å². The summed E-state index contributed by atoms with van der Waals surface area (Å²) in [5, 5.41) is 3.26. The topological polar surface area (TPSA) is 55.1 Å². The zero-order valence-electron chi connectivity index (χ0n) is 14.2. The van der Waals surface area contributed by atoms with Gasteiger partial charge in [-0.25, -0.2) is 4.98 Å². The van der Waals surface area contributed by atoms with Crippen LogP contribution in [0.15, 0.2) is 89.5 Å². The largest absolute Gasteiger partial charge is 0.444 e. The molecule has 0 saturated heterocycles. The molecule has 0 unspecified atom stereocenters. The summed E-state index contributed by atoms with van der Waals surface area (Å²) in [6, 6.07) is 24.1. The summed E-state index contributed by atoms with van der Waals surface area (Å²) >= 11 is 6.06. The van der Waals surface area contributed by atoms with Crippen LogP contribution in [-0.4, -0.2) is 10.9 Å². The first kappa shape index (κ1) is 17.1. The maximum Gasteiger partial charge on any atom is 0.257 e. The van der Waals surface area contributed by atoms with Gasteiger partial charge in [0.2, 0.25) is 5.89 Å². The van der Waals surface area contributed by atoms with Crippen molar-refractivity contribution in [1.29, 1.82) is 0 Å². The minimum atomic E-state index is -0.249. The zero-order valence-corrected chi connectivity index (χ0v) is 15.0. The van der Waals surface area contributed by atoms with Crippen molar-refractivity contribution in [2.45, 2.75) is 0 Å². The number of rotatable bonds is 4. The number of nitrogens with zero attached hydrogens (tertiary/aromatic N) is 1. The highest BCUT2D eigenvalue weighted by molar-refractivity contribution is 6.34. The Hall–Kier alpha value is -3.37. The number of hydrogen-bond donors (Lipinski definition) is 1. The first-order chi connectivity index (χ1) is 13.2. The molecule has 0 fully saturated rings. The second-order valence-electron chi connectivity index (χ2n) is 5.92. The number of aromatic nitrogens is 1. The van der Waals surface area contributed by atoms with Crippen LogP contribution in [0.4, 0.5) is 5.69 Å². The predicted octanol–water partition coefficient (Wildman–Crippen LogP) is 5.91. The summed E-state index contributed by atoms with van der Waals surface area (Å²) < 4.78 is 5.58. The van der Waals surface area contributed by atoms with E-state index in [0.29, 0.717) is 22.2 Å². The van der Waals surface area contributed by atoms with Crippen LogP contribution in [0.3, 0.4) is 0 Å². The molecule has 27 heavy (non-hydrogen) atoms. The smallest absolute Gasteiger partial charge is 0.257 e. The number of amides is 1. The second-order valence-corrected chi connectivity index (χ2v) is 6.32. The lowest BCUT2D eigenvalue weighted by Crippen LogP contribution is -2.12. The molecule has 0 spiro atoms. The SMILES string of the molecule is O=C(Nc1ccc(-c2coc(-c3ccccc3)n2)cc1)c1ccccc1Cl. The molecule has 4 nitrogen and oxygen atoms in total. The van der Waals surface area contributed by atoms with E-state index in [0.717, 1.165) is 16.8 Å². The number of oxazole rings is 1. The van der Waals surface area contributed by atoms with Crippen molar-refractivity contribution in [1.82, 2.24) is 4.98 Å². The summed E-state index contributed by atoms with van der Waals surface area (Å²) in [5.74, 6) is 0.322. The molecule has 1 aromatic heterocycles. The van der Waals surface area contributed by atoms with Crippen molar-refractivity contribution in [3.05, 3.63) is 95.7 Å². The first-order valence-electron chi connectivity index (χ1n) is 8.38. The quantitative estimate of drug-likeness (QED) is 0.482. The highest BCUT2D eigenvalue weighted by atomic mass is 35.5. The second kappa shape index (κ2) is 7.48. The van der Waals surface area contributed by atoms with E-state index in [1.54, 1.807) is 30.5 Å². The lowest BCUT2D eigenvalue weighted by Gasteiger charge is -2.07. The fraction of sp³-hybridized carbons (Fsp3) is 0. The number of carbonyl (C=O) groups excluding carboxylic acids is 1. The van der Waals surface area contributed by atoms with Gasteiger partial charge >= 0.3 is 0 Å². The normalized spacial score (nSPS) is 10.6. The van der Waals surface area contributed by atoms with E-state index >= 15 is 0 Å².